The lowest BCUT2D eigenvalue weighted by Gasteiger charge is -2.17. The number of carbonyl (C=O) groups excluding carboxylic acids is 3. The summed E-state index contributed by atoms with van der Waals surface area (Å²) in [6.07, 6.45) is 0.586. The van der Waals surface area contributed by atoms with Gasteiger partial charge in [-0.3, -0.25) is 14.7 Å². The summed E-state index contributed by atoms with van der Waals surface area (Å²) >= 11 is 1.15. The molecule has 25 heavy (non-hydrogen) atoms. The van der Waals surface area contributed by atoms with Crippen LogP contribution in [0.2, 0.25) is 0 Å². The normalized spacial score (nSPS) is 15.0. The zero-order valence-corrected chi connectivity index (χ0v) is 14.5. The fourth-order valence-electron chi connectivity index (χ4n) is 2.35. The van der Waals surface area contributed by atoms with Crippen molar-refractivity contribution in [3.05, 3.63) is 35.0 Å². The second kappa shape index (κ2) is 6.98. The van der Waals surface area contributed by atoms with Crippen molar-refractivity contribution in [2.24, 2.45) is 0 Å². The first-order valence-corrected chi connectivity index (χ1v) is 8.48. The number of carbonyl (C=O) groups is 3. The van der Waals surface area contributed by atoms with Gasteiger partial charge in [0.2, 0.25) is 0 Å². The van der Waals surface area contributed by atoms with E-state index in [4.69, 9.17) is 4.74 Å². The minimum absolute atomic E-state index is 0.267. The molecule has 1 aliphatic heterocycles. The van der Waals surface area contributed by atoms with Gasteiger partial charge in [0.1, 0.15) is 9.88 Å². The molecular formula is C16H16N4O4S. The molecule has 1 N–H and O–H groups in total. The standard InChI is InChI=1S/C16H16N4O4S/c1-9-12(25-13(19-9)11-5-3-4-6-17-11)15(22)24-10(2)14(21)20-8-7-18-16(20)23/h3-6,10H,7-8H2,1-2H3,(H,18,23). The van der Waals surface area contributed by atoms with Gasteiger partial charge in [0.25, 0.3) is 5.91 Å². The molecule has 9 heteroatoms. The Hall–Kier alpha value is -2.81. The van der Waals surface area contributed by atoms with Gasteiger partial charge in [-0.15, -0.1) is 11.3 Å². The maximum absolute atomic E-state index is 12.4. The second-order valence-electron chi connectivity index (χ2n) is 5.42. The zero-order chi connectivity index (χ0) is 18.0. The quantitative estimate of drug-likeness (QED) is 0.831. The van der Waals surface area contributed by atoms with Gasteiger partial charge < -0.3 is 10.1 Å². The number of hydrogen-bond acceptors (Lipinski definition) is 7. The SMILES string of the molecule is Cc1nc(-c2ccccn2)sc1C(=O)OC(C)C(=O)N1CCNC1=O. The lowest BCUT2D eigenvalue weighted by molar-refractivity contribution is -0.136. The van der Waals surface area contributed by atoms with Crippen molar-refractivity contribution in [2.75, 3.05) is 13.1 Å². The molecule has 130 valence electrons. The van der Waals surface area contributed by atoms with E-state index >= 15 is 0 Å². The number of nitrogens with one attached hydrogen (secondary N) is 1. The molecule has 0 aromatic carbocycles. The largest absolute Gasteiger partial charge is 0.448 e. The van der Waals surface area contributed by atoms with Crippen molar-refractivity contribution < 1.29 is 19.1 Å². The van der Waals surface area contributed by atoms with Gasteiger partial charge in [0.15, 0.2) is 6.10 Å². The van der Waals surface area contributed by atoms with Crippen molar-refractivity contribution in [2.45, 2.75) is 20.0 Å². The number of aryl methyl sites for hydroxylation is 1. The van der Waals surface area contributed by atoms with Crippen LogP contribution < -0.4 is 5.32 Å². The molecule has 1 saturated heterocycles. The number of ether oxygens (including phenoxy) is 1. The predicted octanol–water partition coefficient (Wildman–Crippen LogP) is 1.61. The van der Waals surface area contributed by atoms with Crippen LogP contribution in [0, 0.1) is 6.92 Å². The molecule has 1 atom stereocenters. The van der Waals surface area contributed by atoms with E-state index in [-0.39, 0.29) is 6.54 Å². The molecule has 0 saturated carbocycles. The Kier molecular flexibility index (Phi) is 4.75. The molecule has 3 amide bonds. The topological polar surface area (TPSA) is 101 Å². The third-order valence-corrected chi connectivity index (χ3v) is 4.78. The van der Waals surface area contributed by atoms with Gasteiger partial charge in [-0.1, -0.05) is 6.07 Å². The summed E-state index contributed by atoms with van der Waals surface area (Å²) in [6, 6.07) is 4.95. The van der Waals surface area contributed by atoms with Crippen molar-refractivity contribution in [3.63, 3.8) is 0 Å². The summed E-state index contributed by atoms with van der Waals surface area (Å²) in [5, 5.41) is 3.13. The maximum Gasteiger partial charge on any atom is 0.351 e. The first-order valence-electron chi connectivity index (χ1n) is 7.66. The second-order valence-corrected chi connectivity index (χ2v) is 6.42. The van der Waals surface area contributed by atoms with Crippen LogP contribution in [0.1, 0.15) is 22.3 Å². The van der Waals surface area contributed by atoms with Crippen molar-refractivity contribution in [1.29, 1.82) is 0 Å². The van der Waals surface area contributed by atoms with Crippen molar-refractivity contribution >= 4 is 29.2 Å². The number of imide groups is 1. The highest BCUT2D eigenvalue weighted by Gasteiger charge is 2.32. The average Bonchev–Trinajstić information content (AvgIpc) is 3.20. The molecule has 0 aliphatic carbocycles. The Bertz CT molecular complexity index is 821. The van der Waals surface area contributed by atoms with Gasteiger partial charge >= 0.3 is 12.0 Å². The lowest BCUT2D eigenvalue weighted by atomic mass is 10.3. The number of aromatic nitrogens is 2. The summed E-state index contributed by atoms with van der Waals surface area (Å²) in [5.41, 5.74) is 1.17. The molecule has 2 aromatic heterocycles. The molecular weight excluding hydrogens is 344 g/mol. The van der Waals surface area contributed by atoms with Crippen LogP contribution in [0.25, 0.3) is 10.7 Å². The van der Waals surface area contributed by atoms with E-state index in [1.54, 1.807) is 25.3 Å². The number of amides is 3. The van der Waals surface area contributed by atoms with Gasteiger partial charge in [0, 0.05) is 19.3 Å². The Morgan fingerprint density at radius 3 is 2.84 bits per heavy atom. The van der Waals surface area contributed by atoms with Crippen LogP contribution in [0.4, 0.5) is 4.79 Å². The number of esters is 1. The van der Waals surface area contributed by atoms with E-state index in [9.17, 15) is 14.4 Å². The van der Waals surface area contributed by atoms with Crippen LogP contribution in [0.15, 0.2) is 24.4 Å². The highest BCUT2D eigenvalue weighted by Crippen LogP contribution is 2.27. The van der Waals surface area contributed by atoms with E-state index in [0.29, 0.717) is 27.8 Å². The molecule has 2 aromatic rings. The maximum atomic E-state index is 12.4. The molecule has 0 bridgehead atoms. The van der Waals surface area contributed by atoms with E-state index in [1.807, 2.05) is 6.07 Å². The van der Waals surface area contributed by atoms with E-state index < -0.39 is 24.0 Å². The van der Waals surface area contributed by atoms with Crippen molar-refractivity contribution in [3.8, 4) is 10.7 Å². The lowest BCUT2D eigenvalue weighted by Crippen LogP contribution is -2.41. The van der Waals surface area contributed by atoms with Crippen LogP contribution >= 0.6 is 11.3 Å². The number of urea groups is 1. The Morgan fingerprint density at radius 1 is 1.40 bits per heavy atom. The monoisotopic (exact) mass is 360 g/mol. The first-order chi connectivity index (χ1) is 12.0. The van der Waals surface area contributed by atoms with Crippen LogP contribution in [-0.4, -0.2) is 52.0 Å². The van der Waals surface area contributed by atoms with Gasteiger partial charge in [-0.25, -0.2) is 14.6 Å². The fourth-order valence-corrected chi connectivity index (χ4v) is 3.28. The van der Waals surface area contributed by atoms with Crippen LogP contribution in [-0.2, 0) is 9.53 Å². The summed E-state index contributed by atoms with van der Waals surface area (Å²) in [6.45, 7) is 3.80. The summed E-state index contributed by atoms with van der Waals surface area (Å²) in [5.74, 6) is -1.19. The Morgan fingerprint density at radius 2 is 2.20 bits per heavy atom. The Labute approximate surface area is 147 Å². The van der Waals surface area contributed by atoms with Crippen molar-refractivity contribution in [1.82, 2.24) is 20.2 Å². The number of nitrogens with zero attached hydrogens (tertiary/aromatic N) is 3. The summed E-state index contributed by atoms with van der Waals surface area (Å²) in [4.78, 5) is 46.0. The highest BCUT2D eigenvalue weighted by molar-refractivity contribution is 7.17. The first kappa shape index (κ1) is 17.0. The number of pyridine rings is 1. The highest BCUT2D eigenvalue weighted by atomic mass is 32.1. The molecule has 8 nitrogen and oxygen atoms in total. The molecule has 1 aliphatic rings. The van der Waals surface area contributed by atoms with E-state index in [0.717, 1.165) is 16.2 Å². The summed E-state index contributed by atoms with van der Waals surface area (Å²) in [7, 11) is 0. The van der Waals surface area contributed by atoms with E-state index in [1.165, 1.54) is 6.92 Å². The summed E-state index contributed by atoms with van der Waals surface area (Å²) < 4.78 is 5.23. The minimum atomic E-state index is -1.06. The number of hydrogen-bond donors (Lipinski definition) is 1. The smallest absolute Gasteiger partial charge is 0.351 e. The minimum Gasteiger partial charge on any atom is -0.448 e. The van der Waals surface area contributed by atoms with E-state index in [2.05, 4.69) is 15.3 Å². The molecule has 1 fully saturated rings. The molecule has 0 radical (unpaired) electrons. The average molecular weight is 360 g/mol. The third kappa shape index (κ3) is 3.50. The molecule has 3 heterocycles. The molecule has 3 rings (SSSR count). The third-order valence-electron chi connectivity index (χ3n) is 3.62. The van der Waals surface area contributed by atoms with Gasteiger partial charge in [-0.05, 0) is 26.0 Å². The van der Waals surface area contributed by atoms with Crippen LogP contribution in [0.3, 0.4) is 0 Å². The number of thiazole rings is 1. The van der Waals surface area contributed by atoms with Crippen LogP contribution in [0.5, 0.6) is 0 Å². The Balaban J connectivity index is 1.72. The van der Waals surface area contributed by atoms with Gasteiger partial charge in [-0.2, -0.15) is 0 Å². The fraction of sp³-hybridized carbons (Fsp3) is 0.312. The predicted molar refractivity (Wildman–Crippen MR) is 90.1 cm³/mol. The molecule has 0 spiro atoms. The molecule has 1 unspecified atom stereocenters. The zero-order valence-electron chi connectivity index (χ0n) is 13.7. The number of rotatable bonds is 4. The van der Waals surface area contributed by atoms with Gasteiger partial charge in [0.05, 0.1) is 11.4 Å².